The Morgan fingerprint density at radius 3 is 2.57 bits per heavy atom. The largest absolute Gasteiger partial charge is 0.305 e. The second-order valence-electron chi connectivity index (χ2n) is 4.35. The Balaban J connectivity index is 1.97. The summed E-state index contributed by atoms with van der Waals surface area (Å²) in [6, 6.07) is 8.62. The van der Waals surface area contributed by atoms with E-state index in [1.807, 2.05) is 0 Å². The number of nitrogens with one attached hydrogen (secondary N) is 1. The molecule has 1 aromatic heterocycles. The minimum atomic E-state index is -0.271. The van der Waals surface area contributed by atoms with Crippen LogP contribution in [-0.2, 0) is 4.79 Å². The van der Waals surface area contributed by atoms with E-state index >= 15 is 0 Å². The molecule has 0 fully saturated rings. The first kappa shape index (κ1) is 13.8. The Hall–Kier alpha value is -2.17. The fourth-order valence-corrected chi connectivity index (χ4v) is 2.34. The van der Waals surface area contributed by atoms with E-state index in [-0.39, 0.29) is 5.91 Å². The second kappa shape index (κ2) is 5.68. The maximum absolute atomic E-state index is 12.0. The van der Waals surface area contributed by atoms with Gasteiger partial charge >= 0.3 is 0 Å². The zero-order chi connectivity index (χ0) is 14.8. The van der Waals surface area contributed by atoms with Gasteiger partial charge in [-0.1, -0.05) is 29.3 Å². The maximum Gasteiger partial charge on any atom is 0.275 e. The predicted molar refractivity (Wildman–Crippen MR) is 83.4 cm³/mol. The third kappa shape index (κ3) is 2.96. The molecule has 21 heavy (non-hydrogen) atoms. The molecule has 0 spiro atoms. The van der Waals surface area contributed by atoms with Crippen molar-refractivity contribution in [2.24, 2.45) is 4.99 Å². The summed E-state index contributed by atoms with van der Waals surface area (Å²) in [7, 11) is 0. The molecule has 1 aromatic carbocycles. The molecule has 0 radical (unpaired) electrons. The number of pyridine rings is 1. The van der Waals surface area contributed by atoms with Crippen LogP contribution in [-0.4, -0.2) is 16.7 Å². The van der Waals surface area contributed by atoms with Crippen LogP contribution >= 0.6 is 23.2 Å². The highest BCUT2D eigenvalue weighted by molar-refractivity contribution is 6.35. The van der Waals surface area contributed by atoms with Crippen molar-refractivity contribution in [1.29, 1.82) is 0 Å². The van der Waals surface area contributed by atoms with Crippen LogP contribution in [0.5, 0.6) is 0 Å². The highest BCUT2D eigenvalue weighted by Crippen LogP contribution is 2.24. The van der Waals surface area contributed by atoms with Gasteiger partial charge in [0.05, 0.1) is 0 Å². The van der Waals surface area contributed by atoms with Gasteiger partial charge in [0.1, 0.15) is 11.5 Å². The molecular formula is C15H9Cl2N3O. The molecule has 1 aliphatic heterocycles. The molecule has 0 saturated carbocycles. The molecule has 6 heteroatoms. The number of rotatable bonds is 2. The van der Waals surface area contributed by atoms with Gasteiger partial charge in [0, 0.05) is 28.0 Å². The first-order valence-corrected chi connectivity index (χ1v) is 6.86. The number of aliphatic imine (C=N–C) groups is 1. The molecule has 3 rings (SSSR count). The van der Waals surface area contributed by atoms with E-state index < -0.39 is 0 Å². The zero-order valence-corrected chi connectivity index (χ0v) is 12.2. The SMILES string of the molecule is O=C1NC(c2ccncc2)=N/C1=C\c1ccc(Cl)cc1Cl. The average molecular weight is 318 g/mol. The maximum atomic E-state index is 12.0. The number of amidine groups is 1. The number of carbonyl (C=O) groups is 1. The quantitative estimate of drug-likeness (QED) is 0.864. The van der Waals surface area contributed by atoms with Crippen molar-refractivity contribution in [3.63, 3.8) is 0 Å². The molecule has 1 aliphatic rings. The lowest BCUT2D eigenvalue weighted by Crippen LogP contribution is -2.24. The predicted octanol–water partition coefficient (Wildman–Crippen LogP) is 3.31. The molecule has 2 heterocycles. The second-order valence-corrected chi connectivity index (χ2v) is 5.19. The molecule has 2 aromatic rings. The molecule has 0 atom stereocenters. The summed E-state index contributed by atoms with van der Waals surface area (Å²) in [6.45, 7) is 0. The van der Waals surface area contributed by atoms with Crippen molar-refractivity contribution in [2.75, 3.05) is 0 Å². The van der Waals surface area contributed by atoms with Gasteiger partial charge < -0.3 is 5.32 Å². The molecule has 1 N–H and O–H groups in total. The van der Waals surface area contributed by atoms with Crippen LogP contribution in [0.25, 0.3) is 6.08 Å². The lowest BCUT2D eigenvalue weighted by atomic mass is 10.2. The fraction of sp³-hybridized carbons (Fsp3) is 0. The van der Waals surface area contributed by atoms with E-state index in [9.17, 15) is 4.79 Å². The van der Waals surface area contributed by atoms with Gasteiger partial charge in [0.2, 0.25) is 0 Å². The first-order valence-electron chi connectivity index (χ1n) is 6.11. The Morgan fingerprint density at radius 1 is 1.10 bits per heavy atom. The number of halogens is 2. The fourth-order valence-electron chi connectivity index (χ4n) is 1.88. The molecule has 4 nitrogen and oxygen atoms in total. The van der Waals surface area contributed by atoms with E-state index in [4.69, 9.17) is 23.2 Å². The summed E-state index contributed by atoms with van der Waals surface area (Å²) in [5.74, 6) is 0.228. The Morgan fingerprint density at radius 2 is 1.86 bits per heavy atom. The van der Waals surface area contributed by atoms with E-state index in [0.29, 0.717) is 27.1 Å². The van der Waals surface area contributed by atoms with Crippen molar-refractivity contribution in [3.05, 3.63) is 69.6 Å². The monoisotopic (exact) mass is 317 g/mol. The van der Waals surface area contributed by atoms with Gasteiger partial charge in [0.15, 0.2) is 0 Å². The van der Waals surface area contributed by atoms with Crippen LogP contribution in [0.15, 0.2) is 53.4 Å². The van der Waals surface area contributed by atoms with Crippen LogP contribution < -0.4 is 5.32 Å². The number of hydrogen-bond acceptors (Lipinski definition) is 3. The van der Waals surface area contributed by atoms with Gasteiger partial charge in [-0.25, -0.2) is 4.99 Å². The van der Waals surface area contributed by atoms with Gasteiger partial charge in [-0.15, -0.1) is 0 Å². The lowest BCUT2D eigenvalue weighted by Gasteiger charge is -1.99. The van der Waals surface area contributed by atoms with Gasteiger partial charge in [-0.2, -0.15) is 0 Å². The smallest absolute Gasteiger partial charge is 0.275 e. The van der Waals surface area contributed by atoms with E-state index in [1.165, 1.54) is 0 Å². The zero-order valence-electron chi connectivity index (χ0n) is 10.7. The molecule has 0 bridgehead atoms. The molecule has 104 valence electrons. The third-order valence-corrected chi connectivity index (χ3v) is 3.47. The van der Waals surface area contributed by atoms with Crippen molar-refractivity contribution in [2.45, 2.75) is 0 Å². The summed E-state index contributed by atoms with van der Waals surface area (Å²) in [4.78, 5) is 20.2. The van der Waals surface area contributed by atoms with Crippen LogP contribution in [0.1, 0.15) is 11.1 Å². The van der Waals surface area contributed by atoms with Crippen molar-refractivity contribution in [1.82, 2.24) is 10.3 Å². The molecule has 1 amide bonds. The number of amides is 1. The molecule has 0 unspecified atom stereocenters. The lowest BCUT2D eigenvalue weighted by molar-refractivity contribution is -0.115. The summed E-state index contributed by atoms with van der Waals surface area (Å²) in [5, 5.41) is 3.73. The Bertz CT molecular complexity index is 770. The normalized spacial score (nSPS) is 16.0. The summed E-state index contributed by atoms with van der Waals surface area (Å²) in [5.41, 5.74) is 1.78. The molecule has 0 saturated heterocycles. The average Bonchev–Trinajstić information content (AvgIpc) is 2.84. The van der Waals surface area contributed by atoms with E-state index in [1.54, 1.807) is 48.8 Å². The van der Waals surface area contributed by atoms with Crippen LogP contribution in [0.4, 0.5) is 0 Å². The van der Waals surface area contributed by atoms with E-state index in [2.05, 4.69) is 15.3 Å². The van der Waals surface area contributed by atoms with Gasteiger partial charge in [-0.3, -0.25) is 9.78 Å². The van der Waals surface area contributed by atoms with Crippen LogP contribution in [0, 0.1) is 0 Å². The number of hydrogen-bond donors (Lipinski definition) is 1. The number of benzene rings is 1. The van der Waals surface area contributed by atoms with Crippen molar-refractivity contribution < 1.29 is 4.79 Å². The highest BCUT2D eigenvalue weighted by atomic mass is 35.5. The van der Waals surface area contributed by atoms with Gasteiger partial charge in [0.25, 0.3) is 5.91 Å². The molecule has 0 aliphatic carbocycles. The summed E-state index contributed by atoms with van der Waals surface area (Å²) < 4.78 is 0. The highest BCUT2D eigenvalue weighted by Gasteiger charge is 2.21. The van der Waals surface area contributed by atoms with E-state index in [0.717, 1.165) is 5.56 Å². The standard InChI is InChI=1S/C15H9Cl2N3O/c16-11-2-1-10(12(17)8-11)7-13-15(21)20-14(19-13)9-3-5-18-6-4-9/h1-8H,(H,19,20,21)/b13-7-. The Kier molecular flexibility index (Phi) is 3.73. The van der Waals surface area contributed by atoms with Crippen molar-refractivity contribution >= 4 is 41.0 Å². The van der Waals surface area contributed by atoms with Crippen LogP contribution in [0.3, 0.4) is 0 Å². The van der Waals surface area contributed by atoms with Gasteiger partial charge in [-0.05, 0) is 35.9 Å². The number of nitrogens with zero attached hydrogens (tertiary/aromatic N) is 2. The summed E-state index contributed by atoms with van der Waals surface area (Å²) >= 11 is 11.9. The topological polar surface area (TPSA) is 54.4 Å². The first-order chi connectivity index (χ1) is 10.1. The Labute approximate surface area is 131 Å². The minimum absolute atomic E-state index is 0.271. The summed E-state index contributed by atoms with van der Waals surface area (Å²) in [6.07, 6.45) is 4.91. The minimum Gasteiger partial charge on any atom is -0.305 e. The molecular weight excluding hydrogens is 309 g/mol. The third-order valence-electron chi connectivity index (χ3n) is 2.91. The van der Waals surface area contributed by atoms with Crippen molar-refractivity contribution in [3.8, 4) is 0 Å². The van der Waals surface area contributed by atoms with Crippen LogP contribution in [0.2, 0.25) is 10.0 Å². The number of carbonyl (C=O) groups excluding carboxylic acids is 1. The number of aromatic nitrogens is 1.